The van der Waals surface area contributed by atoms with Gasteiger partial charge in [0.25, 0.3) is 0 Å². The van der Waals surface area contributed by atoms with Crippen LogP contribution in [0.1, 0.15) is 54.6 Å². The summed E-state index contributed by atoms with van der Waals surface area (Å²) in [7, 11) is 2.11. The maximum Gasteiger partial charge on any atom is 0.179 e. The first-order chi connectivity index (χ1) is 10.7. The van der Waals surface area contributed by atoms with Gasteiger partial charge in [0.15, 0.2) is 5.78 Å². The highest BCUT2D eigenvalue weighted by Crippen LogP contribution is 2.24. The fraction of sp³-hybridized carbons (Fsp3) is 0.526. The van der Waals surface area contributed by atoms with E-state index < -0.39 is 0 Å². The van der Waals surface area contributed by atoms with Crippen LogP contribution in [0.3, 0.4) is 0 Å². The van der Waals surface area contributed by atoms with Crippen molar-refractivity contribution in [2.24, 2.45) is 0 Å². The van der Waals surface area contributed by atoms with E-state index in [-0.39, 0.29) is 5.78 Å². The van der Waals surface area contributed by atoms with Crippen molar-refractivity contribution in [2.45, 2.75) is 51.5 Å². The summed E-state index contributed by atoms with van der Waals surface area (Å²) in [6, 6.07) is 8.65. The Bertz CT molecular complexity index is 650. The number of likely N-dealkylation sites (N-methyl/N-ethyl adjacent to an activating group) is 1. The van der Waals surface area contributed by atoms with Gasteiger partial charge in [0.05, 0.1) is 6.54 Å². The summed E-state index contributed by atoms with van der Waals surface area (Å²) in [5, 5.41) is 1.05. The van der Waals surface area contributed by atoms with Gasteiger partial charge in [-0.15, -0.1) is 0 Å². The lowest BCUT2D eigenvalue weighted by Gasteiger charge is -2.26. The average molecular weight is 298 g/mol. The Kier molecular flexibility index (Phi) is 4.63. The average Bonchev–Trinajstić information content (AvgIpc) is 2.67. The first kappa shape index (κ1) is 15.3. The van der Waals surface area contributed by atoms with E-state index in [1.54, 1.807) is 0 Å². The zero-order chi connectivity index (χ0) is 15.5. The van der Waals surface area contributed by atoms with Crippen LogP contribution in [0.2, 0.25) is 0 Å². The number of nitrogens with zero attached hydrogens (tertiary/aromatic N) is 1. The number of carbonyl (C=O) groups excluding carboxylic acids is 1. The van der Waals surface area contributed by atoms with Gasteiger partial charge >= 0.3 is 0 Å². The molecule has 3 rings (SSSR count). The Labute approximate surface area is 132 Å². The first-order valence-electron chi connectivity index (χ1n) is 8.47. The van der Waals surface area contributed by atoms with Crippen LogP contribution in [0.15, 0.2) is 24.3 Å². The molecule has 118 valence electrons. The number of hydrogen-bond donors (Lipinski definition) is 1. The number of carbonyl (C=O) groups is 1. The maximum atomic E-state index is 12.8. The molecule has 1 aromatic heterocycles. The number of aryl methyl sites for hydroxylation is 1. The van der Waals surface area contributed by atoms with Crippen LogP contribution >= 0.6 is 0 Å². The summed E-state index contributed by atoms with van der Waals surface area (Å²) in [5.74, 6) is 0.238. The number of H-pyrrole nitrogens is 1. The molecule has 0 saturated heterocycles. The predicted molar refractivity (Wildman–Crippen MR) is 91.5 cm³/mol. The van der Waals surface area contributed by atoms with Crippen LogP contribution < -0.4 is 0 Å². The summed E-state index contributed by atoms with van der Waals surface area (Å²) >= 11 is 0. The minimum atomic E-state index is 0.238. The molecule has 0 radical (unpaired) electrons. The molecular weight excluding hydrogens is 272 g/mol. The number of nitrogens with one attached hydrogen (secondary N) is 1. The molecule has 1 fully saturated rings. The lowest BCUT2D eigenvalue weighted by molar-refractivity contribution is 0.0913. The second-order valence-corrected chi connectivity index (χ2v) is 6.65. The highest BCUT2D eigenvalue weighted by molar-refractivity contribution is 6.10. The van der Waals surface area contributed by atoms with E-state index in [1.165, 1.54) is 38.5 Å². The highest BCUT2D eigenvalue weighted by atomic mass is 16.1. The third-order valence-electron chi connectivity index (χ3n) is 5.01. The van der Waals surface area contributed by atoms with E-state index in [9.17, 15) is 4.79 Å². The van der Waals surface area contributed by atoms with E-state index in [0.29, 0.717) is 12.6 Å². The highest BCUT2D eigenvalue weighted by Gasteiger charge is 2.22. The van der Waals surface area contributed by atoms with Gasteiger partial charge in [-0.25, -0.2) is 0 Å². The second kappa shape index (κ2) is 6.66. The third kappa shape index (κ3) is 3.09. The minimum Gasteiger partial charge on any atom is -0.358 e. The van der Waals surface area contributed by atoms with Crippen LogP contribution in [0.25, 0.3) is 10.9 Å². The molecule has 0 spiro atoms. The standard InChI is InChI=1S/C19H26N2O/c1-14-19(16-11-7-8-12-17(16)20-14)18(22)13-21(2)15-9-5-3-4-6-10-15/h7-8,11-12,15,20H,3-6,9-10,13H2,1-2H3. The third-order valence-corrected chi connectivity index (χ3v) is 5.01. The monoisotopic (exact) mass is 298 g/mol. The summed E-state index contributed by atoms with van der Waals surface area (Å²) < 4.78 is 0. The predicted octanol–water partition coefficient (Wildman–Crippen LogP) is 4.31. The van der Waals surface area contributed by atoms with Gasteiger partial charge in [0, 0.05) is 28.2 Å². The van der Waals surface area contributed by atoms with Crippen LogP contribution in [0.4, 0.5) is 0 Å². The van der Waals surface area contributed by atoms with Gasteiger partial charge in [-0.2, -0.15) is 0 Å². The van der Waals surface area contributed by atoms with Crippen LogP contribution in [-0.2, 0) is 0 Å². The fourth-order valence-corrected chi connectivity index (χ4v) is 3.77. The van der Waals surface area contributed by atoms with Crippen molar-refractivity contribution in [3.63, 3.8) is 0 Å². The largest absolute Gasteiger partial charge is 0.358 e. The first-order valence-corrected chi connectivity index (χ1v) is 8.47. The Balaban J connectivity index is 1.76. The Hall–Kier alpha value is -1.61. The molecule has 1 aromatic carbocycles. The van der Waals surface area contributed by atoms with Gasteiger partial charge in [-0.3, -0.25) is 9.69 Å². The molecule has 1 N–H and O–H groups in total. The summed E-state index contributed by atoms with van der Waals surface area (Å²) in [6.45, 7) is 2.52. The van der Waals surface area contributed by atoms with Crippen molar-refractivity contribution in [1.82, 2.24) is 9.88 Å². The zero-order valence-electron chi connectivity index (χ0n) is 13.7. The molecule has 0 atom stereocenters. The van der Waals surface area contributed by atoms with E-state index >= 15 is 0 Å². The van der Waals surface area contributed by atoms with Crippen LogP contribution in [0.5, 0.6) is 0 Å². The number of ketones is 1. The fourth-order valence-electron chi connectivity index (χ4n) is 3.77. The molecule has 1 saturated carbocycles. The van der Waals surface area contributed by atoms with Crippen LogP contribution in [-0.4, -0.2) is 35.3 Å². The topological polar surface area (TPSA) is 36.1 Å². The molecule has 1 heterocycles. The number of rotatable bonds is 4. The van der Waals surface area contributed by atoms with Crippen molar-refractivity contribution in [1.29, 1.82) is 0 Å². The SMILES string of the molecule is Cc1[nH]c2ccccc2c1C(=O)CN(C)C1CCCCCC1. The van der Waals surface area contributed by atoms with Gasteiger partial charge in [-0.1, -0.05) is 43.9 Å². The van der Waals surface area contributed by atoms with Crippen molar-refractivity contribution in [2.75, 3.05) is 13.6 Å². The summed E-state index contributed by atoms with van der Waals surface area (Å²) in [5.41, 5.74) is 2.91. The normalized spacial score (nSPS) is 17.0. The summed E-state index contributed by atoms with van der Waals surface area (Å²) in [4.78, 5) is 18.4. The molecule has 0 bridgehead atoms. The van der Waals surface area contributed by atoms with Gasteiger partial charge in [0.2, 0.25) is 0 Å². The lowest BCUT2D eigenvalue weighted by Crippen LogP contribution is -2.35. The molecule has 22 heavy (non-hydrogen) atoms. The van der Waals surface area contributed by atoms with Crippen LogP contribution in [0, 0.1) is 6.92 Å². The minimum absolute atomic E-state index is 0.238. The number of hydrogen-bond acceptors (Lipinski definition) is 2. The molecular formula is C19H26N2O. The van der Waals surface area contributed by atoms with E-state index in [4.69, 9.17) is 0 Å². The number of aromatic amines is 1. The van der Waals surface area contributed by atoms with E-state index in [2.05, 4.69) is 16.9 Å². The van der Waals surface area contributed by atoms with Gasteiger partial charge in [-0.05, 0) is 32.9 Å². The molecule has 0 unspecified atom stereocenters. The quantitative estimate of drug-likeness (QED) is 0.674. The number of Topliss-reactive ketones (excluding diaryl/α,β-unsaturated/α-hetero) is 1. The molecule has 1 aliphatic rings. The van der Waals surface area contributed by atoms with Gasteiger partial charge in [0.1, 0.15) is 0 Å². The lowest BCUT2D eigenvalue weighted by atomic mass is 10.0. The number of fused-ring (bicyclic) bond motifs is 1. The van der Waals surface area contributed by atoms with Gasteiger partial charge < -0.3 is 4.98 Å². The molecule has 0 aliphatic heterocycles. The Morgan fingerprint density at radius 1 is 1.18 bits per heavy atom. The van der Waals surface area contributed by atoms with Crippen molar-refractivity contribution in [3.05, 3.63) is 35.5 Å². The molecule has 3 nitrogen and oxygen atoms in total. The smallest absolute Gasteiger partial charge is 0.179 e. The number of benzene rings is 1. The van der Waals surface area contributed by atoms with E-state index in [0.717, 1.165) is 22.2 Å². The Morgan fingerprint density at radius 3 is 2.59 bits per heavy atom. The Morgan fingerprint density at radius 2 is 1.86 bits per heavy atom. The second-order valence-electron chi connectivity index (χ2n) is 6.65. The summed E-state index contributed by atoms with van der Waals surface area (Å²) in [6.07, 6.45) is 7.76. The van der Waals surface area contributed by atoms with Crippen molar-refractivity contribution < 1.29 is 4.79 Å². The van der Waals surface area contributed by atoms with E-state index in [1.807, 2.05) is 31.2 Å². The number of aromatic nitrogens is 1. The molecule has 1 aliphatic carbocycles. The molecule has 3 heteroatoms. The zero-order valence-corrected chi connectivity index (χ0v) is 13.7. The van der Waals surface area contributed by atoms with Crippen molar-refractivity contribution in [3.8, 4) is 0 Å². The maximum absolute atomic E-state index is 12.8. The molecule has 0 amide bonds. The van der Waals surface area contributed by atoms with Crippen molar-refractivity contribution >= 4 is 16.7 Å². The number of para-hydroxylation sites is 1. The molecule has 2 aromatic rings.